The second-order valence-corrected chi connectivity index (χ2v) is 5.07. The van der Waals surface area contributed by atoms with Gasteiger partial charge in [0, 0.05) is 17.5 Å². The van der Waals surface area contributed by atoms with Crippen molar-refractivity contribution in [3.05, 3.63) is 41.7 Å². The van der Waals surface area contributed by atoms with Crippen LogP contribution in [0.4, 0.5) is 8.78 Å². The molecule has 0 saturated heterocycles. The van der Waals surface area contributed by atoms with Gasteiger partial charge in [-0.15, -0.1) is 0 Å². The molecule has 1 aliphatic heterocycles. The van der Waals surface area contributed by atoms with Gasteiger partial charge in [-0.05, 0) is 30.5 Å². The number of rotatable bonds is 3. The van der Waals surface area contributed by atoms with E-state index in [-0.39, 0.29) is 12.5 Å². The minimum absolute atomic E-state index is 0.0620. The Morgan fingerprint density at radius 2 is 2.16 bits per heavy atom. The Kier molecular flexibility index (Phi) is 3.90. The standard InChI is InChI=1S/C15H18F2O2/c1-3-15(9-18)10(2)6-11(8-19-15)13-5-4-12(16)7-14(13)17/h4-5,7-8,10,18H,3,6,9H2,1-2H3/t10-,15-/m1/s1. The van der Waals surface area contributed by atoms with Gasteiger partial charge in [0.15, 0.2) is 0 Å². The summed E-state index contributed by atoms with van der Waals surface area (Å²) in [5.74, 6) is -1.12. The minimum atomic E-state index is -0.597. The van der Waals surface area contributed by atoms with Crippen molar-refractivity contribution in [3.8, 4) is 0 Å². The molecule has 0 unspecified atom stereocenters. The fourth-order valence-electron chi connectivity index (χ4n) is 2.53. The molecular formula is C15H18F2O2. The van der Waals surface area contributed by atoms with Gasteiger partial charge in [0.2, 0.25) is 0 Å². The summed E-state index contributed by atoms with van der Waals surface area (Å²) in [7, 11) is 0. The second kappa shape index (κ2) is 5.29. The summed E-state index contributed by atoms with van der Waals surface area (Å²) in [6, 6.07) is 3.52. The molecule has 19 heavy (non-hydrogen) atoms. The van der Waals surface area contributed by atoms with E-state index in [2.05, 4.69) is 0 Å². The van der Waals surface area contributed by atoms with Crippen LogP contribution >= 0.6 is 0 Å². The highest BCUT2D eigenvalue weighted by Crippen LogP contribution is 2.39. The van der Waals surface area contributed by atoms with E-state index in [1.165, 1.54) is 18.4 Å². The van der Waals surface area contributed by atoms with Gasteiger partial charge in [-0.2, -0.15) is 0 Å². The lowest BCUT2D eigenvalue weighted by Gasteiger charge is -2.40. The Bertz CT molecular complexity index is 493. The topological polar surface area (TPSA) is 29.5 Å². The molecule has 0 aromatic heterocycles. The SMILES string of the molecule is CC[C@]1(CO)OC=C(c2ccc(F)cc2F)C[C@H]1C. The van der Waals surface area contributed by atoms with Gasteiger partial charge in [0.1, 0.15) is 17.2 Å². The lowest BCUT2D eigenvalue weighted by molar-refractivity contribution is -0.0751. The number of allylic oxidation sites excluding steroid dienone is 1. The van der Waals surface area contributed by atoms with Gasteiger partial charge < -0.3 is 9.84 Å². The van der Waals surface area contributed by atoms with Crippen LogP contribution in [0.1, 0.15) is 32.3 Å². The average Bonchev–Trinajstić information content (AvgIpc) is 2.39. The number of hydrogen-bond acceptors (Lipinski definition) is 2. The zero-order valence-corrected chi connectivity index (χ0v) is 11.1. The van der Waals surface area contributed by atoms with Gasteiger partial charge in [0.05, 0.1) is 12.9 Å². The van der Waals surface area contributed by atoms with Crippen molar-refractivity contribution in [2.24, 2.45) is 5.92 Å². The van der Waals surface area contributed by atoms with Crippen molar-refractivity contribution in [2.45, 2.75) is 32.3 Å². The highest BCUT2D eigenvalue weighted by Gasteiger charge is 2.39. The predicted molar refractivity (Wildman–Crippen MR) is 69.3 cm³/mol. The van der Waals surface area contributed by atoms with Gasteiger partial charge in [-0.3, -0.25) is 0 Å². The summed E-state index contributed by atoms with van der Waals surface area (Å²) in [5.41, 5.74) is 0.457. The van der Waals surface area contributed by atoms with Crippen LogP contribution in [-0.4, -0.2) is 17.3 Å². The van der Waals surface area contributed by atoms with Crippen molar-refractivity contribution in [1.29, 1.82) is 0 Å². The summed E-state index contributed by atoms with van der Waals surface area (Å²) in [6.07, 6.45) is 2.77. The Balaban J connectivity index is 2.31. The van der Waals surface area contributed by atoms with Crippen molar-refractivity contribution in [3.63, 3.8) is 0 Å². The van der Waals surface area contributed by atoms with E-state index in [0.29, 0.717) is 24.0 Å². The van der Waals surface area contributed by atoms with E-state index in [1.807, 2.05) is 13.8 Å². The van der Waals surface area contributed by atoms with Gasteiger partial charge >= 0.3 is 0 Å². The second-order valence-electron chi connectivity index (χ2n) is 5.07. The molecule has 0 radical (unpaired) electrons. The Morgan fingerprint density at radius 3 is 2.68 bits per heavy atom. The molecule has 2 atom stereocenters. The first kappa shape index (κ1) is 14.0. The third kappa shape index (κ3) is 2.50. The first-order valence-electron chi connectivity index (χ1n) is 6.45. The van der Waals surface area contributed by atoms with Crippen LogP contribution in [0.2, 0.25) is 0 Å². The van der Waals surface area contributed by atoms with E-state index in [1.54, 1.807) is 0 Å². The molecule has 2 rings (SSSR count). The van der Waals surface area contributed by atoms with Gasteiger partial charge in [-0.1, -0.05) is 13.8 Å². The monoisotopic (exact) mass is 268 g/mol. The number of aliphatic hydroxyl groups excluding tert-OH is 1. The molecule has 0 fully saturated rings. The number of benzene rings is 1. The summed E-state index contributed by atoms with van der Waals surface area (Å²) < 4.78 is 32.3. The summed E-state index contributed by atoms with van der Waals surface area (Å²) in [4.78, 5) is 0. The van der Waals surface area contributed by atoms with E-state index < -0.39 is 17.2 Å². The van der Waals surface area contributed by atoms with Gasteiger partial charge in [-0.25, -0.2) is 8.78 Å². The highest BCUT2D eigenvalue weighted by atomic mass is 19.1. The smallest absolute Gasteiger partial charge is 0.134 e. The van der Waals surface area contributed by atoms with E-state index in [4.69, 9.17) is 4.74 Å². The van der Waals surface area contributed by atoms with Crippen molar-refractivity contribution >= 4 is 5.57 Å². The number of aliphatic hydroxyl groups is 1. The fourth-order valence-corrected chi connectivity index (χ4v) is 2.53. The van der Waals surface area contributed by atoms with Crippen molar-refractivity contribution in [1.82, 2.24) is 0 Å². The molecule has 1 N–H and O–H groups in total. The Hall–Kier alpha value is -1.42. The normalized spacial score (nSPS) is 26.8. The lowest BCUT2D eigenvalue weighted by atomic mass is 9.79. The molecule has 0 spiro atoms. The maximum absolute atomic E-state index is 13.7. The molecule has 2 nitrogen and oxygen atoms in total. The molecule has 0 bridgehead atoms. The maximum atomic E-state index is 13.7. The fraction of sp³-hybridized carbons (Fsp3) is 0.467. The Labute approximate surface area is 111 Å². The minimum Gasteiger partial charge on any atom is -0.492 e. The summed E-state index contributed by atoms with van der Waals surface area (Å²) in [5, 5.41) is 9.48. The molecular weight excluding hydrogens is 250 g/mol. The maximum Gasteiger partial charge on any atom is 0.134 e. The zero-order chi connectivity index (χ0) is 14.0. The average molecular weight is 268 g/mol. The Morgan fingerprint density at radius 1 is 1.42 bits per heavy atom. The van der Waals surface area contributed by atoms with Crippen LogP contribution in [0.3, 0.4) is 0 Å². The van der Waals surface area contributed by atoms with Crippen LogP contribution in [0.5, 0.6) is 0 Å². The zero-order valence-electron chi connectivity index (χ0n) is 11.1. The molecule has 1 aliphatic rings. The third-order valence-corrected chi connectivity index (χ3v) is 4.00. The number of halogens is 2. The molecule has 1 heterocycles. The molecule has 1 aromatic rings. The van der Waals surface area contributed by atoms with Gasteiger partial charge in [0.25, 0.3) is 0 Å². The highest BCUT2D eigenvalue weighted by molar-refractivity contribution is 5.66. The van der Waals surface area contributed by atoms with E-state index in [9.17, 15) is 13.9 Å². The van der Waals surface area contributed by atoms with Crippen molar-refractivity contribution < 1.29 is 18.6 Å². The number of hydrogen-bond donors (Lipinski definition) is 1. The van der Waals surface area contributed by atoms with E-state index >= 15 is 0 Å². The molecule has 1 aromatic carbocycles. The predicted octanol–water partition coefficient (Wildman–Crippen LogP) is 3.50. The summed E-state index contributed by atoms with van der Waals surface area (Å²) >= 11 is 0. The van der Waals surface area contributed by atoms with Crippen molar-refractivity contribution in [2.75, 3.05) is 6.61 Å². The lowest BCUT2D eigenvalue weighted by Crippen LogP contribution is -2.43. The number of ether oxygens (including phenoxy) is 1. The van der Waals surface area contributed by atoms with Crippen LogP contribution in [0.15, 0.2) is 24.5 Å². The first-order valence-corrected chi connectivity index (χ1v) is 6.45. The first-order chi connectivity index (χ1) is 9.02. The molecule has 104 valence electrons. The van der Waals surface area contributed by atoms with Crippen LogP contribution < -0.4 is 0 Å². The molecule has 0 amide bonds. The largest absolute Gasteiger partial charge is 0.492 e. The molecule has 0 saturated carbocycles. The third-order valence-electron chi connectivity index (χ3n) is 4.00. The molecule has 0 aliphatic carbocycles. The van der Waals surface area contributed by atoms with E-state index in [0.717, 1.165) is 6.07 Å². The van der Waals surface area contributed by atoms with Crippen LogP contribution in [0.25, 0.3) is 5.57 Å². The molecule has 4 heteroatoms. The van der Waals surface area contributed by atoms with Crippen LogP contribution in [-0.2, 0) is 4.74 Å². The van der Waals surface area contributed by atoms with Crippen LogP contribution in [0, 0.1) is 17.6 Å². The quantitative estimate of drug-likeness (QED) is 0.909. The summed E-state index contributed by atoms with van der Waals surface area (Å²) in [6.45, 7) is 3.85.